The molecule has 0 aromatic heterocycles. The first-order valence-electron chi connectivity index (χ1n) is 4.68. The normalized spacial score (nSPS) is 12.2. The van der Waals surface area contributed by atoms with Crippen LogP contribution in [0.1, 0.15) is 31.9 Å². The molecule has 0 bridgehead atoms. The molecule has 0 saturated heterocycles. The number of nitrogens with one attached hydrogen (secondary N) is 1. The van der Waals surface area contributed by atoms with E-state index >= 15 is 0 Å². The summed E-state index contributed by atoms with van der Waals surface area (Å²) in [6.07, 6.45) is 0.526. The van der Waals surface area contributed by atoms with Gasteiger partial charge in [0.1, 0.15) is 0 Å². The van der Waals surface area contributed by atoms with Gasteiger partial charge in [-0.2, -0.15) is 0 Å². The maximum Gasteiger partial charge on any atom is 0.220 e. The molecule has 1 amide bonds. The van der Waals surface area contributed by atoms with Crippen LogP contribution < -0.4 is 5.32 Å². The van der Waals surface area contributed by atoms with Crippen LogP contribution in [0.15, 0.2) is 28.7 Å². The van der Waals surface area contributed by atoms with E-state index in [0.29, 0.717) is 6.42 Å². The monoisotopic (exact) mass is 255 g/mol. The van der Waals surface area contributed by atoms with E-state index in [0.717, 1.165) is 10.0 Å². The third kappa shape index (κ3) is 3.14. The molecule has 1 aromatic carbocycles. The van der Waals surface area contributed by atoms with Crippen molar-refractivity contribution in [1.82, 2.24) is 5.32 Å². The molecule has 0 aliphatic rings. The summed E-state index contributed by atoms with van der Waals surface area (Å²) in [5, 5.41) is 2.91. The van der Waals surface area contributed by atoms with Crippen LogP contribution in [0.3, 0.4) is 0 Å². The molecule has 1 N–H and O–H groups in total. The van der Waals surface area contributed by atoms with E-state index in [2.05, 4.69) is 21.2 Å². The standard InChI is InChI=1S/C11H14BrNO/c1-3-11(14)13-8(2)9-5-4-6-10(12)7-9/h4-8H,3H2,1-2H3,(H,13,14). The second kappa shape index (κ2) is 5.15. The summed E-state index contributed by atoms with van der Waals surface area (Å²) in [5.41, 5.74) is 1.11. The Morgan fingerprint density at radius 2 is 2.29 bits per heavy atom. The van der Waals surface area contributed by atoms with Gasteiger partial charge in [0, 0.05) is 10.9 Å². The van der Waals surface area contributed by atoms with E-state index in [1.54, 1.807) is 0 Å². The number of carbonyl (C=O) groups is 1. The average Bonchev–Trinajstić information content (AvgIpc) is 2.17. The van der Waals surface area contributed by atoms with Gasteiger partial charge in [-0.3, -0.25) is 4.79 Å². The molecule has 1 aromatic rings. The Labute approximate surface area is 92.8 Å². The molecule has 1 rings (SSSR count). The van der Waals surface area contributed by atoms with E-state index in [-0.39, 0.29) is 11.9 Å². The Kier molecular flexibility index (Phi) is 4.14. The molecule has 0 radical (unpaired) electrons. The second-order valence-electron chi connectivity index (χ2n) is 3.20. The SMILES string of the molecule is CCC(=O)NC(C)c1cccc(Br)c1. The molecular formula is C11H14BrNO. The zero-order chi connectivity index (χ0) is 10.6. The summed E-state index contributed by atoms with van der Waals surface area (Å²) in [4.78, 5) is 11.2. The fraction of sp³-hybridized carbons (Fsp3) is 0.364. The van der Waals surface area contributed by atoms with Gasteiger partial charge in [-0.15, -0.1) is 0 Å². The molecule has 1 unspecified atom stereocenters. The molecule has 0 aliphatic carbocycles. The van der Waals surface area contributed by atoms with Crippen LogP contribution in [-0.4, -0.2) is 5.91 Å². The molecule has 1 atom stereocenters. The highest BCUT2D eigenvalue weighted by atomic mass is 79.9. The average molecular weight is 256 g/mol. The number of halogens is 1. The quantitative estimate of drug-likeness (QED) is 0.884. The van der Waals surface area contributed by atoms with E-state index in [1.165, 1.54) is 0 Å². The minimum atomic E-state index is 0.0694. The maximum atomic E-state index is 11.2. The van der Waals surface area contributed by atoms with Gasteiger partial charge in [0.25, 0.3) is 0 Å². The minimum absolute atomic E-state index is 0.0694. The van der Waals surface area contributed by atoms with Gasteiger partial charge >= 0.3 is 0 Å². The van der Waals surface area contributed by atoms with Crippen molar-refractivity contribution in [3.05, 3.63) is 34.3 Å². The summed E-state index contributed by atoms with van der Waals surface area (Å²) in [6.45, 7) is 3.83. The molecule has 2 nitrogen and oxygen atoms in total. The summed E-state index contributed by atoms with van der Waals surface area (Å²) >= 11 is 3.40. The summed E-state index contributed by atoms with van der Waals surface area (Å²) in [6, 6.07) is 8.03. The molecule has 76 valence electrons. The topological polar surface area (TPSA) is 29.1 Å². The predicted molar refractivity (Wildman–Crippen MR) is 61.0 cm³/mol. The highest BCUT2D eigenvalue weighted by molar-refractivity contribution is 9.10. The Hall–Kier alpha value is -0.830. The Balaban J connectivity index is 2.69. The molecule has 0 saturated carbocycles. The third-order valence-electron chi connectivity index (χ3n) is 2.05. The fourth-order valence-electron chi connectivity index (χ4n) is 1.20. The minimum Gasteiger partial charge on any atom is -0.350 e. The van der Waals surface area contributed by atoms with E-state index in [1.807, 2.05) is 38.1 Å². The van der Waals surface area contributed by atoms with Gasteiger partial charge in [0.2, 0.25) is 5.91 Å². The van der Waals surface area contributed by atoms with Crippen molar-refractivity contribution in [2.24, 2.45) is 0 Å². The van der Waals surface area contributed by atoms with Crippen LogP contribution in [0.2, 0.25) is 0 Å². The zero-order valence-corrected chi connectivity index (χ0v) is 9.97. The van der Waals surface area contributed by atoms with Gasteiger partial charge in [-0.05, 0) is 24.6 Å². The number of carbonyl (C=O) groups excluding carboxylic acids is 1. The van der Waals surface area contributed by atoms with Gasteiger partial charge < -0.3 is 5.32 Å². The van der Waals surface area contributed by atoms with E-state index in [4.69, 9.17) is 0 Å². The predicted octanol–water partition coefficient (Wildman–Crippen LogP) is 3.04. The van der Waals surface area contributed by atoms with Crippen molar-refractivity contribution >= 4 is 21.8 Å². The van der Waals surface area contributed by atoms with Crippen molar-refractivity contribution in [3.8, 4) is 0 Å². The lowest BCUT2D eigenvalue weighted by Crippen LogP contribution is -2.25. The molecular weight excluding hydrogens is 242 g/mol. The highest BCUT2D eigenvalue weighted by Crippen LogP contribution is 2.17. The largest absolute Gasteiger partial charge is 0.350 e. The highest BCUT2D eigenvalue weighted by Gasteiger charge is 2.07. The first kappa shape index (κ1) is 11.2. The lowest BCUT2D eigenvalue weighted by atomic mass is 10.1. The Morgan fingerprint density at radius 3 is 2.86 bits per heavy atom. The van der Waals surface area contributed by atoms with Gasteiger partial charge in [0.05, 0.1) is 6.04 Å². The zero-order valence-electron chi connectivity index (χ0n) is 8.38. The smallest absolute Gasteiger partial charge is 0.220 e. The van der Waals surface area contributed by atoms with Crippen molar-refractivity contribution in [1.29, 1.82) is 0 Å². The summed E-state index contributed by atoms with van der Waals surface area (Å²) in [5.74, 6) is 0.0810. The Bertz CT molecular complexity index is 325. The van der Waals surface area contributed by atoms with Gasteiger partial charge in [-0.1, -0.05) is 35.0 Å². The van der Waals surface area contributed by atoms with Crippen LogP contribution >= 0.6 is 15.9 Å². The van der Waals surface area contributed by atoms with Crippen molar-refractivity contribution in [2.75, 3.05) is 0 Å². The Morgan fingerprint density at radius 1 is 1.57 bits per heavy atom. The second-order valence-corrected chi connectivity index (χ2v) is 4.11. The molecule has 0 heterocycles. The molecule has 14 heavy (non-hydrogen) atoms. The lowest BCUT2D eigenvalue weighted by Gasteiger charge is -2.13. The van der Waals surface area contributed by atoms with Crippen molar-refractivity contribution in [3.63, 3.8) is 0 Å². The van der Waals surface area contributed by atoms with Crippen molar-refractivity contribution in [2.45, 2.75) is 26.3 Å². The van der Waals surface area contributed by atoms with Gasteiger partial charge in [-0.25, -0.2) is 0 Å². The van der Waals surface area contributed by atoms with Crippen LogP contribution in [0, 0.1) is 0 Å². The number of benzene rings is 1. The number of amides is 1. The first-order valence-corrected chi connectivity index (χ1v) is 5.47. The molecule has 0 fully saturated rings. The first-order chi connectivity index (χ1) is 6.63. The number of rotatable bonds is 3. The molecule has 3 heteroatoms. The lowest BCUT2D eigenvalue weighted by molar-refractivity contribution is -0.121. The summed E-state index contributed by atoms with van der Waals surface area (Å²) in [7, 11) is 0. The van der Waals surface area contributed by atoms with Crippen LogP contribution in [0.25, 0.3) is 0 Å². The van der Waals surface area contributed by atoms with Crippen LogP contribution in [0.5, 0.6) is 0 Å². The number of hydrogen-bond donors (Lipinski definition) is 1. The number of hydrogen-bond acceptors (Lipinski definition) is 1. The van der Waals surface area contributed by atoms with Crippen molar-refractivity contribution < 1.29 is 4.79 Å². The van der Waals surface area contributed by atoms with Crippen LogP contribution in [-0.2, 0) is 4.79 Å². The third-order valence-corrected chi connectivity index (χ3v) is 2.54. The molecule has 0 aliphatic heterocycles. The van der Waals surface area contributed by atoms with Gasteiger partial charge in [0.15, 0.2) is 0 Å². The van der Waals surface area contributed by atoms with E-state index in [9.17, 15) is 4.79 Å². The van der Waals surface area contributed by atoms with Crippen LogP contribution in [0.4, 0.5) is 0 Å². The van der Waals surface area contributed by atoms with E-state index < -0.39 is 0 Å². The molecule has 0 spiro atoms. The summed E-state index contributed by atoms with van der Waals surface area (Å²) < 4.78 is 1.03. The fourth-order valence-corrected chi connectivity index (χ4v) is 1.62. The maximum absolute atomic E-state index is 11.2.